The van der Waals surface area contributed by atoms with Crippen LogP contribution in [0, 0.1) is 17.5 Å². The van der Waals surface area contributed by atoms with Gasteiger partial charge in [-0.15, -0.1) is 0 Å². The number of rotatable bonds is 1. The highest BCUT2D eigenvalue weighted by molar-refractivity contribution is 8.13. The topological polar surface area (TPSA) is 34.1 Å². The molecule has 0 amide bonds. The summed E-state index contributed by atoms with van der Waals surface area (Å²) in [4.78, 5) is -1.57. The molecular formula is C6Cl3F3O2S. The van der Waals surface area contributed by atoms with Gasteiger partial charge in [0, 0.05) is 10.7 Å². The van der Waals surface area contributed by atoms with Crippen molar-refractivity contribution in [1.82, 2.24) is 0 Å². The van der Waals surface area contributed by atoms with Crippen LogP contribution in [-0.2, 0) is 9.05 Å². The first-order chi connectivity index (χ1) is 6.68. The van der Waals surface area contributed by atoms with Gasteiger partial charge in [0.1, 0.15) is 10.0 Å². The summed E-state index contributed by atoms with van der Waals surface area (Å²) >= 11 is 10.1. The van der Waals surface area contributed by atoms with Crippen molar-refractivity contribution in [2.45, 2.75) is 4.90 Å². The minimum Gasteiger partial charge on any atom is -0.207 e. The van der Waals surface area contributed by atoms with E-state index in [-0.39, 0.29) is 0 Å². The molecule has 0 radical (unpaired) electrons. The average Bonchev–Trinajstić information content (AvgIpc) is 2.09. The first-order valence-corrected chi connectivity index (χ1v) is 6.20. The van der Waals surface area contributed by atoms with Gasteiger partial charge >= 0.3 is 0 Å². The maximum atomic E-state index is 13.1. The standard InChI is InChI=1S/C6Cl3F3O2S/c7-1-3(10)2(8)5(12)6(4(1)11)15(9,13)14. The summed E-state index contributed by atoms with van der Waals surface area (Å²) in [5, 5.41) is -2.47. The van der Waals surface area contributed by atoms with Gasteiger partial charge in [0.15, 0.2) is 22.3 Å². The van der Waals surface area contributed by atoms with Gasteiger partial charge in [0.2, 0.25) is 0 Å². The van der Waals surface area contributed by atoms with Gasteiger partial charge in [-0.3, -0.25) is 0 Å². The third kappa shape index (κ3) is 2.18. The van der Waals surface area contributed by atoms with E-state index in [9.17, 15) is 21.6 Å². The van der Waals surface area contributed by atoms with E-state index in [1.807, 2.05) is 0 Å². The molecule has 0 unspecified atom stereocenters. The quantitative estimate of drug-likeness (QED) is 0.453. The van der Waals surface area contributed by atoms with E-state index < -0.39 is 41.4 Å². The Kier molecular flexibility index (Phi) is 3.45. The van der Waals surface area contributed by atoms with E-state index in [1.54, 1.807) is 0 Å². The number of benzene rings is 1. The van der Waals surface area contributed by atoms with E-state index >= 15 is 0 Å². The van der Waals surface area contributed by atoms with Crippen LogP contribution in [0.25, 0.3) is 0 Å². The zero-order valence-corrected chi connectivity index (χ0v) is 9.58. The van der Waals surface area contributed by atoms with Crippen LogP contribution in [-0.4, -0.2) is 8.42 Å². The Balaban J connectivity index is 3.84. The molecule has 0 aliphatic rings. The normalized spacial score (nSPS) is 11.9. The van der Waals surface area contributed by atoms with E-state index in [4.69, 9.17) is 33.9 Å². The molecule has 1 aromatic rings. The third-order valence-corrected chi connectivity index (χ3v) is 3.39. The second-order valence-corrected chi connectivity index (χ2v) is 5.60. The number of halogens is 6. The SMILES string of the molecule is O=S(=O)(Cl)c1c(F)c(Cl)c(F)c(Cl)c1F. The fraction of sp³-hybridized carbons (Fsp3) is 0. The molecule has 0 bridgehead atoms. The Bertz CT molecular complexity index is 500. The van der Waals surface area contributed by atoms with Crippen LogP contribution in [0.2, 0.25) is 10.0 Å². The maximum absolute atomic E-state index is 13.1. The predicted octanol–water partition coefficient (Wildman–Crippen LogP) is 3.34. The van der Waals surface area contributed by atoms with Gasteiger partial charge in [0.05, 0.1) is 0 Å². The molecule has 0 atom stereocenters. The van der Waals surface area contributed by atoms with Gasteiger partial charge in [-0.25, -0.2) is 21.6 Å². The first kappa shape index (κ1) is 12.9. The van der Waals surface area contributed by atoms with Crippen LogP contribution in [0.5, 0.6) is 0 Å². The molecule has 0 saturated heterocycles. The van der Waals surface area contributed by atoms with Gasteiger partial charge in [-0.2, -0.15) is 0 Å². The lowest BCUT2D eigenvalue weighted by atomic mass is 10.3. The molecule has 0 saturated carbocycles. The average molecular weight is 299 g/mol. The van der Waals surface area contributed by atoms with Crippen molar-refractivity contribution in [3.63, 3.8) is 0 Å². The van der Waals surface area contributed by atoms with Crippen molar-refractivity contribution < 1.29 is 21.6 Å². The van der Waals surface area contributed by atoms with E-state index in [0.29, 0.717) is 0 Å². The summed E-state index contributed by atoms with van der Waals surface area (Å²) in [5.41, 5.74) is 0. The first-order valence-electron chi connectivity index (χ1n) is 3.14. The van der Waals surface area contributed by atoms with Gasteiger partial charge in [-0.05, 0) is 0 Å². The van der Waals surface area contributed by atoms with Crippen molar-refractivity contribution in [1.29, 1.82) is 0 Å². The lowest BCUT2D eigenvalue weighted by molar-refractivity contribution is 0.501. The Morgan fingerprint density at radius 2 is 1.20 bits per heavy atom. The van der Waals surface area contributed by atoms with Crippen molar-refractivity contribution in [2.75, 3.05) is 0 Å². The molecule has 2 nitrogen and oxygen atoms in total. The van der Waals surface area contributed by atoms with E-state index in [2.05, 4.69) is 0 Å². The molecule has 1 rings (SSSR count). The van der Waals surface area contributed by atoms with Gasteiger partial charge in [0.25, 0.3) is 9.05 Å². The van der Waals surface area contributed by atoms with Gasteiger partial charge < -0.3 is 0 Å². The summed E-state index contributed by atoms with van der Waals surface area (Å²) in [5.74, 6) is -5.21. The van der Waals surface area contributed by atoms with Crippen LogP contribution in [0.4, 0.5) is 13.2 Å². The second-order valence-electron chi connectivity index (χ2n) is 2.34. The largest absolute Gasteiger partial charge is 0.267 e. The zero-order chi connectivity index (χ0) is 12.0. The molecule has 0 spiro atoms. The van der Waals surface area contributed by atoms with Crippen molar-refractivity contribution in [2.24, 2.45) is 0 Å². The highest BCUT2D eigenvalue weighted by atomic mass is 35.7. The van der Waals surface area contributed by atoms with Crippen LogP contribution in [0.3, 0.4) is 0 Å². The van der Waals surface area contributed by atoms with Gasteiger partial charge in [-0.1, -0.05) is 23.2 Å². The summed E-state index contributed by atoms with van der Waals surface area (Å²) in [6.07, 6.45) is 0. The molecule has 84 valence electrons. The molecule has 0 aromatic heterocycles. The number of hydrogen-bond acceptors (Lipinski definition) is 2. The van der Waals surface area contributed by atoms with E-state index in [1.165, 1.54) is 0 Å². The van der Waals surface area contributed by atoms with Crippen molar-refractivity contribution >= 4 is 42.9 Å². The Hall–Kier alpha value is -0.170. The Morgan fingerprint density at radius 3 is 1.47 bits per heavy atom. The molecule has 1 aromatic carbocycles. The molecule has 0 aliphatic carbocycles. The summed E-state index contributed by atoms with van der Waals surface area (Å²) in [7, 11) is -0.0214. The molecule has 0 heterocycles. The Morgan fingerprint density at radius 1 is 0.867 bits per heavy atom. The fourth-order valence-corrected chi connectivity index (χ4v) is 2.38. The van der Waals surface area contributed by atoms with Crippen LogP contribution < -0.4 is 0 Å². The minimum absolute atomic E-state index is 1.24. The summed E-state index contributed by atoms with van der Waals surface area (Å²) in [6.45, 7) is 0. The molecule has 0 fully saturated rings. The molecule has 9 heteroatoms. The highest BCUT2D eigenvalue weighted by Crippen LogP contribution is 2.35. The second kappa shape index (κ2) is 4.01. The Labute approximate surface area is 97.0 Å². The highest BCUT2D eigenvalue weighted by Gasteiger charge is 2.30. The smallest absolute Gasteiger partial charge is 0.207 e. The van der Waals surface area contributed by atoms with Crippen LogP contribution >= 0.6 is 33.9 Å². The number of hydrogen-bond donors (Lipinski definition) is 0. The van der Waals surface area contributed by atoms with Crippen LogP contribution in [0.15, 0.2) is 4.90 Å². The molecular weight excluding hydrogens is 299 g/mol. The molecule has 0 aliphatic heterocycles. The monoisotopic (exact) mass is 298 g/mol. The molecule has 15 heavy (non-hydrogen) atoms. The maximum Gasteiger partial charge on any atom is 0.267 e. The van der Waals surface area contributed by atoms with Crippen molar-refractivity contribution in [3.05, 3.63) is 27.5 Å². The fourth-order valence-electron chi connectivity index (χ4n) is 0.799. The molecule has 0 N–H and O–H groups in total. The van der Waals surface area contributed by atoms with Crippen LogP contribution in [0.1, 0.15) is 0 Å². The summed E-state index contributed by atoms with van der Waals surface area (Å²) in [6, 6.07) is 0. The zero-order valence-electron chi connectivity index (χ0n) is 6.49. The lowest BCUT2D eigenvalue weighted by Crippen LogP contribution is -2.04. The lowest BCUT2D eigenvalue weighted by Gasteiger charge is -2.06. The van der Waals surface area contributed by atoms with Crippen molar-refractivity contribution in [3.8, 4) is 0 Å². The predicted molar refractivity (Wildman–Crippen MR) is 49.4 cm³/mol. The minimum atomic E-state index is -4.74. The van der Waals surface area contributed by atoms with E-state index in [0.717, 1.165) is 0 Å². The summed E-state index contributed by atoms with van der Waals surface area (Å²) < 4.78 is 60.4. The third-order valence-electron chi connectivity index (χ3n) is 1.41.